The highest BCUT2D eigenvalue weighted by Gasteiger charge is 2.04. The van der Waals surface area contributed by atoms with Gasteiger partial charge in [-0.05, 0) is 62.7 Å². The summed E-state index contributed by atoms with van der Waals surface area (Å²) in [6, 6.07) is 4.75. The molecule has 1 aromatic heterocycles. The molecule has 0 radical (unpaired) electrons. The molecule has 0 spiro atoms. The molecule has 3 nitrogen and oxygen atoms in total. The largest absolute Gasteiger partial charge is 0.320 e. The Labute approximate surface area is 107 Å². The second-order valence-corrected chi connectivity index (χ2v) is 4.43. The van der Waals surface area contributed by atoms with E-state index in [1.54, 1.807) is 6.07 Å². The van der Waals surface area contributed by atoms with Gasteiger partial charge in [0.25, 0.3) is 0 Å². The molecule has 18 heavy (non-hydrogen) atoms. The molecule has 0 saturated heterocycles. The quantitative estimate of drug-likeness (QED) is 0.823. The number of halogens is 1. The third-order valence-electron chi connectivity index (χ3n) is 2.93. The fourth-order valence-electron chi connectivity index (χ4n) is 1.97. The minimum Gasteiger partial charge on any atom is -0.320 e. The third-order valence-corrected chi connectivity index (χ3v) is 2.93. The summed E-state index contributed by atoms with van der Waals surface area (Å²) < 4.78 is 14.8. The Balaban J connectivity index is 2.13. The first-order chi connectivity index (χ1) is 8.70. The first-order valence-corrected chi connectivity index (χ1v) is 6.15. The van der Waals surface area contributed by atoms with Crippen LogP contribution in [0, 0.1) is 12.7 Å². The molecule has 0 atom stereocenters. The second-order valence-electron chi connectivity index (χ2n) is 4.43. The van der Waals surface area contributed by atoms with E-state index in [-0.39, 0.29) is 5.82 Å². The molecule has 0 fully saturated rings. The maximum absolute atomic E-state index is 13.0. The van der Waals surface area contributed by atoms with E-state index in [4.69, 9.17) is 0 Å². The van der Waals surface area contributed by atoms with Gasteiger partial charge in [-0.1, -0.05) is 0 Å². The molecular formula is C14H18FN3. The van der Waals surface area contributed by atoms with Gasteiger partial charge in [0.15, 0.2) is 0 Å². The van der Waals surface area contributed by atoms with Crippen molar-refractivity contribution in [2.24, 2.45) is 0 Å². The van der Waals surface area contributed by atoms with Gasteiger partial charge < -0.3 is 5.32 Å². The van der Waals surface area contributed by atoms with E-state index in [9.17, 15) is 4.39 Å². The summed E-state index contributed by atoms with van der Waals surface area (Å²) in [7, 11) is 1.95. The standard InChI is InChI=1S/C14H18FN3/c1-11-8-13(15)5-6-14(11)18-10-12(9-17-18)4-3-7-16-2/h5-6,8-10,16H,3-4,7H2,1-2H3. The number of aryl methyl sites for hydroxylation is 2. The summed E-state index contributed by atoms with van der Waals surface area (Å²) in [5, 5.41) is 7.45. The first-order valence-electron chi connectivity index (χ1n) is 6.15. The number of rotatable bonds is 5. The molecule has 2 rings (SSSR count). The highest BCUT2D eigenvalue weighted by molar-refractivity contribution is 5.40. The molecule has 2 aromatic rings. The van der Waals surface area contributed by atoms with Crippen molar-refractivity contribution in [3.05, 3.63) is 47.5 Å². The molecule has 0 unspecified atom stereocenters. The van der Waals surface area contributed by atoms with Gasteiger partial charge in [-0.25, -0.2) is 9.07 Å². The van der Waals surface area contributed by atoms with E-state index in [0.717, 1.165) is 30.6 Å². The van der Waals surface area contributed by atoms with Crippen molar-refractivity contribution in [3.63, 3.8) is 0 Å². The van der Waals surface area contributed by atoms with Crippen LogP contribution in [0.15, 0.2) is 30.6 Å². The van der Waals surface area contributed by atoms with Crippen LogP contribution in [0.5, 0.6) is 0 Å². The molecule has 0 saturated carbocycles. The predicted molar refractivity (Wildman–Crippen MR) is 70.5 cm³/mol. The summed E-state index contributed by atoms with van der Waals surface area (Å²) in [5.41, 5.74) is 3.02. The predicted octanol–water partition coefficient (Wildman–Crippen LogP) is 2.47. The summed E-state index contributed by atoms with van der Waals surface area (Å²) in [4.78, 5) is 0. The lowest BCUT2D eigenvalue weighted by molar-refractivity contribution is 0.625. The second kappa shape index (κ2) is 5.78. The Morgan fingerprint density at radius 3 is 2.94 bits per heavy atom. The van der Waals surface area contributed by atoms with Gasteiger partial charge in [0.05, 0.1) is 11.9 Å². The van der Waals surface area contributed by atoms with Crippen LogP contribution < -0.4 is 5.32 Å². The van der Waals surface area contributed by atoms with Crippen LogP contribution in [0.1, 0.15) is 17.5 Å². The van der Waals surface area contributed by atoms with Crippen molar-refractivity contribution in [3.8, 4) is 5.69 Å². The third kappa shape index (κ3) is 2.96. The zero-order valence-corrected chi connectivity index (χ0v) is 10.8. The fraction of sp³-hybridized carbons (Fsp3) is 0.357. The lowest BCUT2D eigenvalue weighted by Crippen LogP contribution is -2.08. The number of hydrogen-bond donors (Lipinski definition) is 1. The van der Waals surface area contributed by atoms with Gasteiger partial charge in [0.1, 0.15) is 5.82 Å². The van der Waals surface area contributed by atoms with Crippen LogP contribution in [0.4, 0.5) is 4.39 Å². The van der Waals surface area contributed by atoms with Gasteiger partial charge in [0.2, 0.25) is 0 Å². The van der Waals surface area contributed by atoms with Crippen molar-refractivity contribution in [2.45, 2.75) is 19.8 Å². The highest BCUT2D eigenvalue weighted by Crippen LogP contribution is 2.15. The Morgan fingerprint density at radius 2 is 2.22 bits per heavy atom. The zero-order chi connectivity index (χ0) is 13.0. The van der Waals surface area contributed by atoms with E-state index in [2.05, 4.69) is 10.4 Å². The van der Waals surface area contributed by atoms with E-state index >= 15 is 0 Å². The van der Waals surface area contributed by atoms with Crippen molar-refractivity contribution in [1.82, 2.24) is 15.1 Å². The lowest BCUT2D eigenvalue weighted by Gasteiger charge is -2.05. The summed E-state index contributed by atoms with van der Waals surface area (Å²) >= 11 is 0. The maximum Gasteiger partial charge on any atom is 0.123 e. The van der Waals surface area contributed by atoms with Crippen LogP contribution >= 0.6 is 0 Å². The highest BCUT2D eigenvalue weighted by atomic mass is 19.1. The SMILES string of the molecule is CNCCCc1cnn(-c2ccc(F)cc2C)c1. The normalized spacial score (nSPS) is 10.8. The van der Waals surface area contributed by atoms with Crippen LogP contribution in [-0.2, 0) is 6.42 Å². The smallest absolute Gasteiger partial charge is 0.123 e. The molecule has 0 bridgehead atoms. The Kier molecular flexibility index (Phi) is 4.10. The minimum atomic E-state index is -0.211. The molecule has 0 aliphatic heterocycles. The van der Waals surface area contributed by atoms with E-state index < -0.39 is 0 Å². The number of aromatic nitrogens is 2. The summed E-state index contributed by atoms with van der Waals surface area (Å²) in [6.45, 7) is 2.89. The number of benzene rings is 1. The number of nitrogens with one attached hydrogen (secondary N) is 1. The average Bonchev–Trinajstić information content (AvgIpc) is 2.78. The number of nitrogens with zero attached hydrogens (tertiary/aromatic N) is 2. The Hall–Kier alpha value is -1.68. The van der Waals surface area contributed by atoms with Crippen molar-refractivity contribution in [2.75, 3.05) is 13.6 Å². The van der Waals surface area contributed by atoms with Gasteiger partial charge >= 0.3 is 0 Å². The fourth-order valence-corrected chi connectivity index (χ4v) is 1.97. The minimum absolute atomic E-state index is 0.211. The summed E-state index contributed by atoms with van der Waals surface area (Å²) in [6.07, 6.45) is 5.97. The van der Waals surface area contributed by atoms with Crippen LogP contribution in [0.25, 0.3) is 5.69 Å². The maximum atomic E-state index is 13.0. The molecular weight excluding hydrogens is 229 g/mol. The van der Waals surface area contributed by atoms with Gasteiger partial charge in [0, 0.05) is 6.20 Å². The zero-order valence-electron chi connectivity index (χ0n) is 10.8. The van der Waals surface area contributed by atoms with Crippen LogP contribution in [0.3, 0.4) is 0 Å². The molecule has 0 amide bonds. The molecule has 0 aliphatic carbocycles. The topological polar surface area (TPSA) is 29.9 Å². The van der Waals surface area contributed by atoms with E-state index in [1.165, 1.54) is 17.7 Å². The van der Waals surface area contributed by atoms with Crippen molar-refractivity contribution >= 4 is 0 Å². The van der Waals surface area contributed by atoms with Crippen LogP contribution in [0.2, 0.25) is 0 Å². The lowest BCUT2D eigenvalue weighted by atomic mass is 10.2. The van der Waals surface area contributed by atoms with E-state index in [1.807, 2.05) is 31.0 Å². The number of hydrogen-bond acceptors (Lipinski definition) is 2. The van der Waals surface area contributed by atoms with E-state index in [0.29, 0.717) is 0 Å². The molecule has 4 heteroatoms. The van der Waals surface area contributed by atoms with Crippen molar-refractivity contribution in [1.29, 1.82) is 0 Å². The average molecular weight is 247 g/mol. The van der Waals surface area contributed by atoms with Gasteiger partial charge in [-0.3, -0.25) is 0 Å². The Bertz CT molecular complexity index is 520. The molecule has 1 aromatic carbocycles. The molecule has 0 aliphatic rings. The van der Waals surface area contributed by atoms with Gasteiger partial charge in [-0.2, -0.15) is 5.10 Å². The van der Waals surface area contributed by atoms with Gasteiger partial charge in [-0.15, -0.1) is 0 Å². The molecule has 1 heterocycles. The first kappa shape index (κ1) is 12.8. The molecule has 96 valence electrons. The Morgan fingerprint density at radius 1 is 1.39 bits per heavy atom. The monoisotopic (exact) mass is 247 g/mol. The summed E-state index contributed by atoms with van der Waals surface area (Å²) in [5.74, 6) is -0.211. The van der Waals surface area contributed by atoms with Crippen molar-refractivity contribution < 1.29 is 4.39 Å². The van der Waals surface area contributed by atoms with Crippen LogP contribution in [-0.4, -0.2) is 23.4 Å². The molecule has 1 N–H and O–H groups in total.